The van der Waals surface area contributed by atoms with E-state index in [2.05, 4.69) is 20.9 Å². The summed E-state index contributed by atoms with van der Waals surface area (Å²) in [5.74, 6) is -0.180. The Morgan fingerprint density at radius 3 is 2.59 bits per heavy atom. The smallest absolute Gasteiger partial charge is 0.384 e. The third-order valence-electron chi connectivity index (χ3n) is 5.39. The van der Waals surface area contributed by atoms with Gasteiger partial charge in [-0.3, -0.25) is 9.59 Å². The van der Waals surface area contributed by atoms with Crippen molar-refractivity contribution in [1.29, 1.82) is 0 Å². The van der Waals surface area contributed by atoms with Crippen LogP contribution in [0.4, 0.5) is 19.0 Å². The highest BCUT2D eigenvalue weighted by molar-refractivity contribution is 7.12. The van der Waals surface area contributed by atoms with E-state index < -0.39 is 23.1 Å². The van der Waals surface area contributed by atoms with Crippen LogP contribution >= 0.6 is 36.2 Å². The van der Waals surface area contributed by atoms with Crippen LogP contribution in [0, 0.1) is 12.8 Å². The van der Waals surface area contributed by atoms with E-state index >= 15 is 0 Å². The summed E-state index contributed by atoms with van der Waals surface area (Å²) in [5, 5.41) is 8.56. The number of nitrogens with zero attached hydrogens (tertiary/aromatic N) is 1. The number of aromatic nitrogens is 1. The molecule has 0 radical (unpaired) electrons. The van der Waals surface area contributed by atoms with Crippen molar-refractivity contribution >= 4 is 53.8 Å². The number of aryl methyl sites for hydroxylation is 1. The number of pyridine rings is 1. The molecule has 1 saturated heterocycles. The van der Waals surface area contributed by atoms with Gasteiger partial charge in [-0.25, -0.2) is 4.98 Å². The molecule has 0 aliphatic carbocycles. The summed E-state index contributed by atoms with van der Waals surface area (Å²) < 4.78 is 38.3. The Labute approximate surface area is 212 Å². The van der Waals surface area contributed by atoms with Crippen LogP contribution in [0.2, 0.25) is 0 Å². The fraction of sp³-hybridized carbons (Fsp3) is 0.476. The molecular formula is C21H28Cl2F3N5O2S. The van der Waals surface area contributed by atoms with Crippen molar-refractivity contribution in [2.75, 3.05) is 12.3 Å². The quantitative estimate of drug-likeness (QED) is 0.430. The number of anilines is 1. The second-order valence-corrected chi connectivity index (χ2v) is 9.13. The summed E-state index contributed by atoms with van der Waals surface area (Å²) >= 11 is 0.739. The molecule has 3 atom stereocenters. The lowest BCUT2D eigenvalue weighted by atomic mass is 10.0. The lowest BCUT2D eigenvalue weighted by molar-refractivity contribution is -0.134. The third kappa shape index (κ3) is 8.00. The lowest BCUT2D eigenvalue weighted by Gasteiger charge is -2.17. The van der Waals surface area contributed by atoms with Crippen molar-refractivity contribution in [2.24, 2.45) is 5.92 Å². The molecule has 3 heterocycles. The maximum Gasteiger partial charge on any atom is 0.425 e. The number of nitrogens with two attached hydrogens (primary N) is 1. The van der Waals surface area contributed by atoms with E-state index in [1.54, 1.807) is 26.0 Å². The SMILES string of the molecule is Cc1nc(N)ccc1CNC(=O)C(C)NC(=O)[C@H]1C[C@H](Cc2ccc(C(F)(F)F)s2)CN1.Cl.Cl. The largest absolute Gasteiger partial charge is 0.425 e. The van der Waals surface area contributed by atoms with Crippen molar-refractivity contribution in [3.63, 3.8) is 0 Å². The normalized spacial score (nSPS) is 18.4. The molecule has 1 unspecified atom stereocenters. The minimum atomic E-state index is -4.33. The van der Waals surface area contributed by atoms with Gasteiger partial charge in [-0.15, -0.1) is 36.2 Å². The van der Waals surface area contributed by atoms with Gasteiger partial charge in [0.1, 0.15) is 16.7 Å². The average molecular weight is 542 g/mol. The summed E-state index contributed by atoms with van der Waals surface area (Å²) in [4.78, 5) is 29.1. The van der Waals surface area contributed by atoms with Gasteiger partial charge in [0.25, 0.3) is 0 Å². The van der Waals surface area contributed by atoms with E-state index in [0.29, 0.717) is 30.1 Å². The molecule has 190 valence electrons. The molecule has 3 rings (SSSR count). The first kappa shape index (κ1) is 30.0. The Bertz CT molecular complexity index is 990. The summed E-state index contributed by atoms with van der Waals surface area (Å²) in [6.07, 6.45) is -3.36. The van der Waals surface area contributed by atoms with Crippen molar-refractivity contribution in [3.8, 4) is 0 Å². The van der Waals surface area contributed by atoms with Gasteiger partial charge in [0, 0.05) is 17.1 Å². The third-order valence-corrected chi connectivity index (χ3v) is 6.54. The summed E-state index contributed by atoms with van der Waals surface area (Å²) in [6, 6.07) is 4.80. The number of hydrogen-bond acceptors (Lipinski definition) is 6. The highest BCUT2D eigenvalue weighted by Gasteiger charge is 2.34. The van der Waals surface area contributed by atoms with E-state index in [1.807, 2.05) is 0 Å². The molecule has 2 aromatic rings. The highest BCUT2D eigenvalue weighted by atomic mass is 35.5. The number of nitrogens with one attached hydrogen (secondary N) is 3. The van der Waals surface area contributed by atoms with Crippen LogP contribution in [-0.2, 0) is 28.7 Å². The molecule has 5 N–H and O–H groups in total. The number of thiophene rings is 1. The Balaban J connectivity index is 0.00000289. The minimum Gasteiger partial charge on any atom is -0.384 e. The summed E-state index contributed by atoms with van der Waals surface area (Å²) in [7, 11) is 0. The fourth-order valence-electron chi connectivity index (χ4n) is 3.60. The van der Waals surface area contributed by atoms with Crippen LogP contribution in [0.5, 0.6) is 0 Å². The van der Waals surface area contributed by atoms with E-state index in [0.717, 1.165) is 28.7 Å². The second-order valence-electron chi connectivity index (χ2n) is 7.96. The minimum absolute atomic E-state index is 0. The van der Waals surface area contributed by atoms with Crippen molar-refractivity contribution in [1.82, 2.24) is 20.9 Å². The van der Waals surface area contributed by atoms with E-state index in [9.17, 15) is 22.8 Å². The molecule has 13 heteroatoms. The molecule has 34 heavy (non-hydrogen) atoms. The van der Waals surface area contributed by atoms with Gasteiger partial charge in [-0.1, -0.05) is 6.07 Å². The van der Waals surface area contributed by atoms with Gasteiger partial charge in [0.2, 0.25) is 11.8 Å². The Kier molecular flexibility index (Phi) is 11.1. The molecule has 0 aromatic carbocycles. The van der Waals surface area contributed by atoms with Gasteiger partial charge in [-0.2, -0.15) is 13.2 Å². The zero-order valence-electron chi connectivity index (χ0n) is 18.6. The van der Waals surface area contributed by atoms with Crippen LogP contribution in [0.1, 0.15) is 34.4 Å². The van der Waals surface area contributed by atoms with Crippen LogP contribution < -0.4 is 21.7 Å². The number of amides is 2. The van der Waals surface area contributed by atoms with Gasteiger partial charge in [0.15, 0.2) is 0 Å². The molecule has 1 aliphatic heterocycles. The van der Waals surface area contributed by atoms with Gasteiger partial charge >= 0.3 is 6.18 Å². The number of nitrogen functional groups attached to an aromatic ring is 1. The van der Waals surface area contributed by atoms with Gasteiger partial charge in [0.05, 0.1) is 6.04 Å². The Morgan fingerprint density at radius 2 is 1.97 bits per heavy atom. The van der Waals surface area contributed by atoms with Crippen LogP contribution in [0.25, 0.3) is 0 Å². The second kappa shape index (κ2) is 12.6. The van der Waals surface area contributed by atoms with Crippen molar-refractivity contribution < 1.29 is 22.8 Å². The van der Waals surface area contributed by atoms with E-state index in [1.165, 1.54) is 6.07 Å². The summed E-state index contributed by atoms with van der Waals surface area (Å²) in [6.45, 7) is 4.19. The number of halogens is 5. The number of carbonyl (C=O) groups excluding carboxylic acids is 2. The summed E-state index contributed by atoms with van der Waals surface area (Å²) in [5.41, 5.74) is 7.17. The van der Waals surface area contributed by atoms with E-state index in [4.69, 9.17) is 5.73 Å². The predicted octanol–water partition coefficient (Wildman–Crippen LogP) is 3.24. The standard InChI is InChI=1S/C21H26F3N5O2S.2ClH/c1-11-14(3-6-18(25)28-11)10-27-19(30)12(2)29-20(31)16-8-13(9-26-16)7-15-4-5-17(32-15)21(22,23)24;;/h3-6,12-13,16,26H,7-10H2,1-2H3,(H2,25,28)(H,27,30)(H,29,31);2*1H/t12?,13-,16+;;/m0../s1. The van der Waals surface area contributed by atoms with Gasteiger partial charge < -0.3 is 21.7 Å². The van der Waals surface area contributed by atoms with Crippen LogP contribution in [0.15, 0.2) is 24.3 Å². The maximum atomic E-state index is 12.8. The van der Waals surface area contributed by atoms with Gasteiger partial charge in [-0.05, 0) is 62.9 Å². The predicted molar refractivity (Wildman–Crippen MR) is 130 cm³/mol. The number of alkyl halides is 3. The zero-order chi connectivity index (χ0) is 23.5. The topological polar surface area (TPSA) is 109 Å². The molecule has 7 nitrogen and oxygen atoms in total. The molecule has 2 amide bonds. The number of hydrogen-bond donors (Lipinski definition) is 4. The number of rotatable bonds is 7. The number of carbonyl (C=O) groups is 2. The molecule has 0 saturated carbocycles. The van der Waals surface area contributed by atoms with Crippen molar-refractivity contribution in [3.05, 3.63) is 45.3 Å². The van der Waals surface area contributed by atoms with Crippen LogP contribution in [-0.4, -0.2) is 35.4 Å². The fourth-order valence-corrected chi connectivity index (χ4v) is 4.59. The highest BCUT2D eigenvalue weighted by Crippen LogP contribution is 2.35. The first-order valence-corrected chi connectivity index (χ1v) is 11.0. The Morgan fingerprint density at radius 1 is 1.26 bits per heavy atom. The van der Waals surface area contributed by atoms with Crippen molar-refractivity contribution in [2.45, 2.75) is 51.5 Å². The molecule has 0 bridgehead atoms. The maximum absolute atomic E-state index is 12.8. The molecular weight excluding hydrogens is 514 g/mol. The monoisotopic (exact) mass is 541 g/mol. The zero-order valence-corrected chi connectivity index (χ0v) is 21.0. The van der Waals surface area contributed by atoms with Crippen LogP contribution in [0.3, 0.4) is 0 Å². The molecule has 0 spiro atoms. The molecule has 1 fully saturated rings. The van der Waals surface area contributed by atoms with E-state index in [-0.39, 0.29) is 49.1 Å². The first-order valence-electron chi connectivity index (χ1n) is 10.2. The molecule has 1 aliphatic rings. The Hall–Kier alpha value is -2.08. The lowest BCUT2D eigenvalue weighted by Crippen LogP contribution is -2.50. The first-order chi connectivity index (χ1) is 15.0. The molecule has 2 aromatic heterocycles. The average Bonchev–Trinajstić information content (AvgIpc) is 3.37.